The van der Waals surface area contributed by atoms with Gasteiger partial charge in [0, 0.05) is 6.07 Å². The number of aryl methyl sites for hydroxylation is 1. The number of ketones is 1. The highest BCUT2D eigenvalue weighted by Gasteiger charge is 2.20. The maximum Gasteiger partial charge on any atom is 0.281 e. The molecular weight excluding hydrogens is 196 g/mol. The monoisotopic (exact) mass is 204 g/mol. The molecule has 1 aromatic carbocycles. The summed E-state index contributed by atoms with van der Waals surface area (Å²) < 4.78 is 0. The SMILES string of the molecule is CC(=O)c1c(C)cc(C#N)cc1[N+](=O)[O-]. The van der Waals surface area contributed by atoms with Gasteiger partial charge in [0.1, 0.15) is 0 Å². The molecule has 0 N–H and O–H groups in total. The predicted molar refractivity (Wildman–Crippen MR) is 52.6 cm³/mol. The lowest BCUT2D eigenvalue weighted by molar-refractivity contribution is -0.385. The van der Waals surface area contributed by atoms with Crippen molar-refractivity contribution in [1.29, 1.82) is 5.26 Å². The minimum Gasteiger partial charge on any atom is -0.294 e. The van der Waals surface area contributed by atoms with Crippen LogP contribution in [0.15, 0.2) is 12.1 Å². The van der Waals surface area contributed by atoms with Gasteiger partial charge >= 0.3 is 0 Å². The van der Waals surface area contributed by atoms with Crippen LogP contribution in [0.5, 0.6) is 0 Å². The zero-order valence-electron chi connectivity index (χ0n) is 8.27. The first-order chi connectivity index (χ1) is 6.97. The van der Waals surface area contributed by atoms with Crippen LogP contribution in [0.2, 0.25) is 0 Å². The smallest absolute Gasteiger partial charge is 0.281 e. The van der Waals surface area contributed by atoms with Crippen LogP contribution in [0, 0.1) is 28.4 Å². The molecule has 15 heavy (non-hydrogen) atoms. The maximum absolute atomic E-state index is 11.2. The number of nitro groups is 1. The third kappa shape index (κ3) is 1.99. The van der Waals surface area contributed by atoms with Crippen molar-refractivity contribution >= 4 is 11.5 Å². The highest BCUT2D eigenvalue weighted by atomic mass is 16.6. The van der Waals surface area contributed by atoms with Crippen molar-refractivity contribution in [3.05, 3.63) is 38.9 Å². The predicted octanol–water partition coefficient (Wildman–Crippen LogP) is 1.98. The lowest BCUT2D eigenvalue weighted by atomic mass is 10.0. The summed E-state index contributed by atoms with van der Waals surface area (Å²) in [5.41, 5.74) is 0.399. The minimum absolute atomic E-state index is 0.0685. The molecule has 0 aliphatic heterocycles. The fraction of sp³-hybridized carbons (Fsp3) is 0.200. The van der Waals surface area contributed by atoms with Crippen LogP contribution in [0.4, 0.5) is 5.69 Å². The first-order valence-electron chi connectivity index (χ1n) is 4.17. The van der Waals surface area contributed by atoms with Crippen LogP contribution >= 0.6 is 0 Å². The van der Waals surface area contributed by atoms with Gasteiger partial charge in [-0.2, -0.15) is 5.26 Å². The highest BCUT2D eigenvalue weighted by Crippen LogP contribution is 2.24. The molecule has 0 aromatic heterocycles. The van der Waals surface area contributed by atoms with E-state index in [9.17, 15) is 14.9 Å². The number of nitro benzene ring substituents is 1. The fourth-order valence-electron chi connectivity index (χ4n) is 1.44. The van der Waals surface area contributed by atoms with Gasteiger partial charge in [-0.25, -0.2) is 0 Å². The van der Waals surface area contributed by atoms with Gasteiger partial charge in [0.15, 0.2) is 5.78 Å². The molecule has 0 fully saturated rings. The number of Topliss-reactive ketones (excluding diaryl/α,β-unsaturated/α-hetero) is 1. The van der Waals surface area contributed by atoms with Crippen LogP contribution < -0.4 is 0 Å². The van der Waals surface area contributed by atoms with E-state index in [1.807, 2.05) is 6.07 Å². The molecule has 5 nitrogen and oxygen atoms in total. The molecule has 0 unspecified atom stereocenters. The van der Waals surface area contributed by atoms with Crippen molar-refractivity contribution in [2.24, 2.45) is 0 Å². The number of hydrogen-bond acceptors (Lipinski definition) is 4. The molecule has 0 saturated heterocycles. The zero-order chi connectivity index (χ0) is 11.6. The third-order valence-corrected chi connectivity index (χ3v) is 1.99. The van der Waals surface area contributed by atoms with E-state index >= 15 is 0 Å². The molecule has 0 aliphatic carbocycles. The van der Waals surface area contributed by atoms with E-state index in [2.05, 4.69) is 0 Å². The normalized spacial score (nSPS) is 9.40. The van der Waals surface area contributed by atoms with Crippen molar-refractivity contribution in [1.82, 2.24) is 0 Å². The molecule has 0 saturated carbocycles. The third-order valence-electron chi connectivity index (χ3n) is 1.99. The lowest BCUT2D eigenvalue weighted by Gasteiger charge is -2.03. The van der Waals surface area contributed by atoms with E-state index < -0.39 is 4.92 Å². The summed E-state index contributed by atoms with van der Waals surface area (Å²) >= 11 is 0. The Bertz CT molecular complexity index is 486. The maximum atomic E-state index is 11.2. The molecule has 0 radical (unpaired) electrons. The molecule has 0 aliphatic rings. The van der Waals surface area contributed by atoms with Crippen molar-refractivity contribution in [3.8, 4) is 6.07 Å². The summed E-state index contributed by atoms with van der Waals surface area (Å²) in [5.74, 6) is -0.372. The van der Waals surface area contributed by atoms with Gasteiger partial charge in [0.25, 0.3) is 5.69 Å². The Hall–Kier alpha value is -2.22. The van der Waals surface area contributed by atoms with Crippen molar-refractivity contribution < 1.29 is 9.72 Å². The Kier molecular flexibility index (Phi) is 2.81. The van der Waals surface area contributed by atoms with Gasteiger partial charge in [-0.3, -0.25) is 14.9 Å². The van der Waals surface area contributed by atoms with Crippen LogP contribution in [-0.4, -0.2) is 10.7 Å². The molecule has 1 aromatic rings. The molecule has 0 spiro atoms. The topological polar surface area (TPSA) is 84.0 Å². The van der Waals surface area contributed by atoms with Gasteiger partial charge in [-0.05, 0) is 25.5 Å². The standard InChI is InChI=1S/C10H8N2O3/c1-6-3-8(5-11)4-9(12(14)15)10(6)7(2)13/h3-4H,1-2H3. The molecule has 0 amide bonds. The van der Waals surface area contributed by atoms with E-state index in [1.165, 1.54) is 13.0 Å². The molecule has 0 bridgehead atoms. The molecule has 0 atom stereocenters. The zero-order valence-corrected chi connectivity index (χ0v) is 8.27. The van der Waals surface area contributed by atoms with E-state index in [4.69, 9.17) is 5.26 Å². The minimum atomic E-state index is -0.648. The van der Waals surface area contributed by atoms with Crippen LogP contribution in [0.3, 0.4) is 0 Å². The number of benzene rings is 1. The molecule has 76 valence electrons. The second-order valence-electron chi connectivity index (χ2n) is 3.11. The van der Waals surface area contributed by atoms with E-state index in [1.54, 1.807) is 6.92 Å². The Balaban J connectivity index is 3.58. The number of nitriles is 1. The quantitative estimate of drug-likeness (QED) is 0.418. The summed E-state index contributed by atoms with van der Waals surface area (Å²) in [4.78, 5) is 21.2. The van der Waals surface area contributed by atoms with E-state index in [-0.39, 0.29) is 22.6 Å². The molecule has 5 heteroatoms. The molecule has 1 rings (SSSR count). The highest BCUT2D eigenvalue weighted by molar-refractivity contribution is 5.99. The number of hydrogen-bond donors (Lipinski definition) is 0. The first-order valence-corrected chi connectivity index (χ1v) is 4.17. The Morgan fingerprint density at radius 3 is 2.53 bits per heavy atom. The number of rotatable bonds is 2. The van der Waals surface area contributed by atoms with Crippen molar-refractivity contribution in [3.63, 3.8) is 0 Å². The van der Waals surface area contributed by atoms with E-state index in [0.29, 0.717) is 5.56 Å². The van der Waals surface area contributed by atoms with Gasteiger partial charge in [0.2, 0.25) is 0 Å². The van der Waals surface area contributed by atoms with Crippen LogP contribution in [0.25, 0.3) is 0 Å². The van der Waals surface area contributed by atoms with Crippen LogP contribution in [0.1, 0.15) is 28.4 Å². The van der Waals surface area contributed by atoms with Crippen LogP contribution in [-0.2, 0) is 0 Å². The van der Waals surface area contributed by atoms with Gasteiger partial charge in [0.05, 0.1) is 22.1 Å². The molecule has 0 heterocycles. The van der Waals surface area contributed by atoms with Crippen molar-refractivity contribution in [2.45, 2.75) is 13.8 Å². The lowest BCUT2D eigenvalue weighted by Crippen LogP contribution is -2.03. The fourth-order valence-corrected chi connectivity index (χ4v) is 1.44. The van der Waals surface area contributed by atoms with Gasteiger partial charge in [-0.15, -0.1) is 0 Å². The Morgan fingerprint density at radius 2 is 2.13 bits per heavy atom. The number of carbonyl (C=O) groups excluding carboxylic acids is 1. The second kappa shape index (κ2) is 3.88. The second-order valence-corrected chi connectivity index (χ2v) is 3.11. The summed E-state index contributed by atoms with van der Waals surface area (Å²) in [6.45, 7) is 2.84. The molecular formula is C10H8N2O3. The number of nitrogens with zero attached hydrogens (tertiary/aromatic N) is 2. The van der Waals surface area contributed by atoms with Crippen molar-refractivity contribution in [2.75, 3.05) is 0 Å². The Labute approximate surface area is 86.1 Å². The Morgan fingerprint density at radius 1 is 1.53 bits per heavy atom. The largest absolute Gasteiger partial charge is 0.294 e. The summed E-state index contributed by atoms with van der Waals surface area (Å²) in [7, 11) is 0. The summed E-state index contributed by atoms with van der Waals surface area (Å²) in [5, 5.41) is 19.3. The summed E-state index contributed by atoms with van der Waals surface area (Å²) in [6, 6.07) is 4.39. The van der Waals surface area contributed by atoms with Gasteiger partial charge < -0.3 is 0 Å². The van der Waals surface area contributed by atoms with Gasteiger partial charge in [-0.1, -0.05) is 0 Å². The first kappa shape index (κ1) is 10.9. The average Bonchev–Trinajstić information content (AvgIpc) is 2.15. The summed E-state index contributed by atoms with van der Waals surface area (Å²) in [6.07, 6.45) is 0. The van der Waals surface area contributed by atoms with E-state index in [0.717, 1.165) is 6.07 Å². The average molecular weight is 204 g/mol. The number of carbonyl (C=O) groups is 1.